The van der Waals surface area contributed by atoms with Crippen molar-refractivity contribution >= 4 is 5.88 Å². The highest BCUT2D eigenvalue weighted by Gasteiger charge is 2.38. The van der Waals surface area contributed by atoms with E-state index in [4.69, 9.17) is 4.42 Å². The van der Waals surface area contributed by atoms with Crippen molar-refractivity contribution in [3.05, 3.63) is 30.2 Å². The van der Waals surface area contributed by atoms with E-state index in [1.54, 1.807) is 12.4 Å². The molecule has 24 heavy (non-hydrogen) atoms. The molecule has 0 atom stereocenters. The molecular formula is C18H23N5O. The van der Waals surface area contributed by atoms with Crippen molar-refractivity contribution in [1.82, 2.24) is 15.3 Å². The highest BCUT2D eigenvalue weighted by molar-refractivity contribution is 5.58. The minimum absolute atomic E-state index is 0.0123. The number of hydrogen-bond acceptors (Lipinski definition) is 6. The minimum atomic E-state index is 0.0123. The van der Waals surface area contributed by atoms with Crippen molar-refractivity contribution in [1.29, 1.82) is 5.26 Å². The Labute approximate surface area is 142 Å². The Morgan fingerprint density at radius 2 is 2.00 bits per heavy atom. The van der Waals surface area contributed by atoms with Crippen LogP contribution in [0.1, 0.15) is 46.2 Å². The second kappa shape index (κ2) is 5.91. The van der Waals surface area contributed by atoms with Gasteiger partial charge in [0.15, 0.2) is 0 Å². The second-order valence-corrected chi connectivity index (χ2v) is 7.69. The van der Waals surface area contributed by atoms with E-state index in [2.05, 4.69) is 54.4 Å². The van der Waals surface area contributed by atoms with Crippen molar-refractivity contribution < 1.29 is 4.42 Å². The van der Waals surface area contributed by atoms with Crippen LogP contribution in [0.3, 0.4) is 0 Å². The molecule has 0 unspecified atom stereocenters. The smallest absolute Gasteiger partial charge is 0.232 e. The fraction of sp³-hybridized carbons (Fsp3) is 0.500. The largest absolute Gasteiger partial charge is 0.419 e. The van der Waals surface area contributed by atoms with Crippen molar-refractivity contribution in [2.24, 2.45) is 0 Å². The third kappa shape index (κ3) is 3.57. The number of hydrogen-bond donors (Lipinski definition) is 2. The summed E-state index contributed by atoms with van der Waals surface area (Å²) in [6.45, 7) is 8.76. The van der Waals surface area contributed by atoms with Crippen LogP contribution in [0.5, 0.6) is 0 Å². The molecule has 0 bridgehead atoms. The number of anilines is 1. The van der Waals surface area contributed by atoms with Crippen LogP contribution in [-0.4, -0.2) is 27.1 Å². The van der Waals surface area contributed by atoms with E-state index < -0.39 is 0 Å². The van der Waals surface area contributed by atoms with Gasteiger partial charge in [0.2, 0.25) is 17.5 Å². The summed E-state index contributed by atoms with van der Waals surface area (Å²) in [5, 5.41) is 16.4. The Morgan fingerprint density at radius 3 is 2.58 bits per heavy atom. The fourth-order valence-corrected chi connectivity index (χ4v) is 3.72. The summed E-state index contributed by atoms with van der Waals surface area (Å²) in [6.07, 6.45) is 5.23. The molecule has 2 aromatic heterocycles. The SMILES string of the molecule is CC1(C)CC(Nc2oc(-c3cccnc3)nc2C#N)CC(C)(C)N1. The number of nitrogens with zero attached hydrogens (tertiary/aromatic N) is 3. The molecule has 0 saturated carbocycles. The van der Waals surface area contributed by atoms with Crippen LogP contribution < -0.4 is 10.6 Å². The molecule has 1 aliphatic rings. The van der Waals surface area contributed by atoms with Gasteiger partial charge in [0, 0.05) is 29.5 Å². The molecule has 6 nitrogen and oxygen atoms in total. The predicted molar refractivity (Wildman–Crippen MR) is 92.4 cm³/mol. The number of pyridine rings is 1. The third-order valence-electron chi connectivity index (χ3n) is 4.17. The highest BCUT2D eigenvalue weighted by Crippen LogP contribution is 2.32. The summed E-state index contributed by atoms with van der Waals surface area (Å²) in [5.74, 6) is 0.851. The second-order valence-electron chi connectivity index (χ2n) is 7.69. The van der Waals surface area contributed by atoms with Crippen molar-refractivity contribution in [3.8, 4) is 17.5 Å². The van der Waals surface area contributed by atoms with Crippen LogP contribution >= 0.6 is 0 Å². The maximum Gasteiger partial charge on any atom is 0.232 e. The van der Waals surface area contributed by atoms with E-state index in [0.717, 1.165) is 18.4 Å². The highest BCUT2D eigenvalue weighted by atomic mass is 16.4. The Hall–Kier alpha value is -2.39. The van der Waals surface area contributed by atoms with Gasteiger partial charge in [-0.05, 0) is 52.7 Å². The zero-order valence-corrected chi connectivity index (χ0v) is 14.6. The summed E-state index contributed by atoms with van der Waals surface area (Å²) >= 11 is 0. The van der Waals surface area contributed by atoms with Crippen LogP contribution in [0.2, 0.25) is 0 Å². The maximum atomic E-state index is 9.37. The van der Waals surface area contributed by atoms with Crippen molar-refractivity contribution in [3.63, 3.8) is 0 Å². The van der Waals surface area contributed by atoms with Crippen LogP contribution in [0, 0.1) is 11.3 Å². The number of oxazole rings is 1. The molecule has 1 saturated heterocycles. The first-order valence-corrected chi connectivity index (χ1v) is 8.15. The first-order chi connectivity index (χ1) is 11.3. The normalized spacial score (nSPS) is 19.6. The molecular weight excluding hydrogens is 302 g/mol. The summed E-state index contributed by atoms with van der Waals surface area (Å²) in [5.41, 5.74) is 1.06. The minimum Gasteiger partial charge on any atom is -0.419 e. The maximum absolute atomic E-state index is 9.37. The number of piperidine rings is 1. The van der Waals surface area contributed by atoms with Gasteiger partial charge in [-0.1, -0.05) is 0 Å². The van der Waals surface area contributed by atoms with Crippen molar-refractivity contribution in [2.45, 2.75) is 57.7 Å². The van der Waals surface area contributed by atoms with Crippen molar-refractivity contribution in [2.75, 3.05) is 5.32 Å². The van der Waals surface area contributed by atoms with Crippen LogP contribution in [0.15, 0.2) is 28.9 Å². The Balaban J connectivity index is 1.85. The molecule has 0 aromatic carbocycles. The Morgan fingerprint density at radius 1 is 1.29 bits per heavy atom. The molecule has 2 N–H and O–H groups in total. The fourth-order valence-electron chi connectivity index (χ4n) is 3.72. The first-order valence-electron chi connectivity index (χ1n) is 8.15. The predicted octanol–water partition coefficient (Wildman–Crippen LogP) is 3.33. The zero-order valence-electron chi connectivity index (χ0n) is 14.6. The number of rotatable bonds is 3. The van der Waals surface area contributed by atoms with Crippen LogP contribution in [-0.2, 0) is 0 Å². The topological polar surface area (TPSA) is 86.8 Å². The van der Waals surface area contributed by atoms with Crippen LogP contribution in [0.4, 0.5) is 5.88 Å². The monoisotopic (exact) mass is 325 g/mol. The molecule has 0 spiro atoms. The molecule has 1 aliphatic heterocycles. The van der Waals surface area contributed by atoms with E-state index in [-0.39, 0.29) is 22.8 Å². The molecule has 0 aliphatic carbocycles. The first kappa shape index (κ1) is 16.5. The molecule has 3 rings (SSSR count). The van der Waals surface area contributed by atoms with Gasteiger partial charge in [0.25, 0.3) is 0 Å². The summed E-state index contributed by atoms with van der Waals surface area (Å²) in [7, 11) is 0. The molecule has 1 fully saturated rings. The van der Waals surface area contributed by atoms with Gasteiger partial charge in [-0.25, -0.2) is 0 Å². The zero-order chi connectivity index (χ0) is 17.4. The van der Waals surface area contributed by atoms with Gasteiger partial charge in [-0.2, -0.15) is 10.2 Å². The van der Waals surface area contributed by atoms with Gasteiger partial charge in [0.1, 0.15) is 6.07 Å². The number of aromatic nitrogens is 2. The standard InChI is InChI=1S/C18H23N5O/c1-17(2)8-13(9-18(3,4)23-17)21-16-14(10-19)22-15(24-16)12-6-5-7-20-11-12/h5-7,11,13,21,23H,8-9H2,1-4H3. The number of nitriles is 1. The summed E-state index contributed by atoms with van der Waals surface area (Å²) in [4.78, 5) is 8.36. The lowest BCUT2D eigenvalue weighted by Crippen LogP contribution is -2.60. The van der Waals surface area contributed by atoms with Gasteiger partial charge in [0.05, 0.1) is 5.56 Å². The molecule has 3 heterocycles. The summed E-state index contributed by atoms with van der Waals surface area (Å²) < 4.78 is 5.83. The van der Waals surface area contributed by atoms with E-state index in [0.29, 0.717) is 11.8 Å². The quantitative estimate of drug-likeness (QED) is 0.900. The van der Waals surface area contributed by atoms with Gasteiger partial charge >= 0.3 is 0 Å². The lowest BCUT2D eigenvalue weighted by atomic mass is 9.79. The van der Waals surface area contributed by atoms with E-state index in [1.165, 1.54) is 0 Å². The summed E-state index contributed by atoms with van der Waals surface area (Å²) in [6, 6.07) is 6.00. The molecule has 0 amide bonds. The lowest BCUT2D eigenvalue weighted by Gasteiger charge is -2.46. The third-order valence-corrected chi connectivity index (χ3v) is 4.17. The molecule has 6 heteroatoms. The average molecular weight is 325 g/mol. The van der Waals surface area contributed by atoms with Gasteiger partial charge in [-0.15, -0.1) is 0 Å². The number of nitrogens with one attached hydrogen (secondary N) is 2. The average Bonchev–Trinajstić information content (AvgIpc) is 2.88. The lowest BCUT2D eigenvalue weighted by molar-refractivity contribution is 0.170. The van der Waals surface area contributed by atoms with Gasteiger partial charge in [-0.3, -0.25) is 4.98 Å². The molecule has 126 valence electrons. The van der Waals surface area contributed by atoms with E-state index >= 15 is 0 Å². The van der Waals surface area contributed by atoms with Gasteiger partial charge < -0.3 is 15.1 Å². The van der Waals surface area contributed by atoms with E-state index in [9.17, 15) is 5.26 Å². The molecule has 2 aromatic rings. The van der Waals surface area contributed by atoms with Crippen LogP contribution in [0.25, 0.3) is 11.5 Å². The van der Waals surface area contributed by atoms with E-state index in [1.807, 2.05) is 12.1 Å². The Kier molecular flexibility index (Phi) is 4.06. The Bertz CT molecular complexity index is 741. The molecule has 0 radical (unpaired) electrons.